The summed E-state index contributed by atoms with van der Waals surface area (Å²) in [5, 5.41) is 3.35. The Hall–Kier alpha value is -1.32. The molecule has 1 fully saturated rings. The third-order valence-corrected chi connectivity index (χ3v) is 2.86. The zero-order valence-corrected chi connectivity index (χ0v) is 9.99. The fourth-order valence-corrected chi connectivity index (χ4v) is 1.70. The van der Waals surface area contributed by atoms with Crippen LogP contribution in [-0.2, 0) is 0 Å². The predicted molar refractivity (Wildman–Crippen MR) is 63.8 cm³/mol. The number of hydrogen-bond acceptors (Lipinski definition) is 4. The zero-order chi connectivity index (χ0) is 11.4. The van der Waals surface area contributed by atoms with Crippen molar-refractivity contribution in [3.8, 4) is 5.88 Å². The van der Waals surface area contributed by atoms with Crippen LogP contribution in [0.1, 0.15) is 31.7 Å². The summed E-state index contributed by atoms with van der Waals surface area (Å²) < 4.78 is 5.43. The predicted octanol–water partition coefficient (Wildman–Crippen LogP) is 2.40. The average molecular weight is 221 g/mol. The van der Waals surface area contributed by atoms with Crippen LogP contribution in [0.25, 0.3) is 0 Å². The molecule has 0 radical (unpaired) electrons. The van der Waals surface area contributed by atoms with E-state index in [9.17, 15) is 0 Å². The van der Waals surface area contributed by atoms with Crippen molar-refractivity contribution in [1.29, 1.82) is 0 Å². The van der Waals surface area contributed by atoms with Crippen molar-refractivity contribution in [1.82, 2.24) is 9.97 Å². The van der Waals surface area contributed by atoms with Crippen LogP contribution < -0.4 is 10.1 Å². The van der Waals surface area contributed by atoms with E-state index in [1.807, 2.05) is 13.8 Å². The number of nitrogens with zero attached hydrogens (tertiary/aromatic N) is 2. The Morgan fingerprint density at radius 2 is 2.25 bits per heavy atom. The summed E-state index contributed by atoms with van der Waals surface area (Å²) in [6, 6.07) is 0. The normalized spacial score (nSPS) is 14.9. The first-order valence-corrected chi connectivity index (χ1v) is 5.99. The van der Waals surface area contributed by atoms with Gasteiger partial charge in [0.2, 0.25) is 5.88 Å². The molecule has 0 bridgehead atoms. The molecule has 0 amide bonds. The third-order valence-electron chi connectivity index (χ3n) is 2.86. The minimum absolute atomic E-state index is 0.638. The van der Waals surface area contributed by atoms with Gasteiger partial charge in [0.15, 0.2) is 0 Å². The molecule has 1 aliphatic rings. The molecule has 0 atom stereocenters. The molecule has 16 heavy (non-hydrogen) atoms. The second-order valence-electron chi connectivity index (χ2n) is 4.24. The van der Waals surface area contributed by atoms with Gasteiger partial charge in [0.25, 0.3) is 0 Å². The average Bonchev–Trinajstić information content (AvgIpc) is 3.08. The number of aromatic nitrogens is 2. The van der Waals surface area contributed by atoms with E-state index < -0.39 is 0 Å². The highest BCUT2D eigenvalue weighted by molar-refractivity contribution is 5.47. The highest BCUT2D eigenvalue weighted by Crippen LogP contribution is 2.32. The summed E-state index contributed by atoms with van der Waals surface area (Å²) in [5.74, 6) is 2.53. The molecule has 0 aliphatic heterocycles. The maximum absolute atomic E-state index is 5.43. The van der Waals surface area contributed by atoms with Crippen molar-refractivity contribution >= 4 is 5.82 Å². The van der Waals surface area contributed by atoms with Crippen molar-refractivity contribution in [2.75, 3.05) is 18.5 Å². The standard InChI is InChI=1S/C12H19N3O/c1-3-16-12-9(2)11(14-8-15-12)13-7-6-10-4-5-10/h8,10H,3-7H2,1-2H3,(H,13,14,15). The molecule has 88 valence electrons. The molecule has 1 saturated carbocycles. The number of rotatable bonds is 6. The molecular formula is C12H19N3O. The molecule has 1 aromatic heterocycles. The maximum Gasteiger partial charge on any atom is 0.221 e. The van der Waals surface area contributed by atoms with E-state index in [1.54, 1.807) is 6.33 Å². The van der Waals surface area contributed by atoms with Crippen LogP contribution in [0.4, 0.5) is 5.82 Å². The van der Waals surface area contributed by atoms with Crippen LogP contribution in [0.15, 0.2) is 6.33 Å². The fraction of sp³-hybridized carbons (Fsp3) is 0.667. The van der Waals surface area contributed by atoms with Gasteiger partial charge in [-0.05, 0) is 26.2 Å². The topological polar surface area (TPSA) is 47.0 Å². The molecule has 2 rings (SSSR count). The van der Waals surface area contributed by atoms with Crippen LogP contribution in [0.3, 0.4) is 0 Å². The van der Waals surface area contributed by atoms with Gasteiger partial charge in [-0.3, -0.25) is 0 Å². The van der Waals surface area contributed by atoms with Crippen molar-refractivity contribution < 1.29 is 4.74 Å². The van der Waals surface area contributed by atoms with E-state index in [0.29, 0.717) is 12.5 Å². The number of hydrogen-bond donors (Lipinski definition) is 1. The van der Waals surface area contributed by atoms with Gasteiger partial charge in [0, 0.05) is 6.54 Å². The molecule has 0 spiro atoms. The van der Waals surface area contributed by atoms with Gasteiger partial charge in [0.05, 0.1) is 12.2 Å². The Morgan fingerprint density at radius 1 is 1.44 bits per heavy atom. The van der Waals surface area contributed by atoms with Crippen LogP contribution in [0.5, 0.6) is 5.88 Å². The minimum atomic E-state index is 0.638. The van der Waals surface area contributed by atoms with E-state index in [0.717, 1.165) is 23.8 Å². The van der Waals surface area contributed by atoms with Crippen LogP contribution in [-0.4, -0.2) is 23.1 Å². The van der Waals surface area contributed by atoms with Crippen LogP contribution >= 0.6 is 0 Å². The van der Waals surface area contributed by atoms with Crippen molar-refractivity contribution in [2.24, 2.45) is 5.92 Å². The SMILES string of the molecule is CCOc1ncnc(NCCC2CC2)c1C. The number of anilines is 1. The molecule has 1 aromatic rings. The summed E-state index contributed by atoms with van der Waals surface area (Å²) in [4.78, 5) is 8.35. The quantitative estimate of drug-likeness (QED) is 0.801. The van der Waals surface area contributed by atoms with Gasteiger partial charge in [-0.1, -0.05) is 12.8 Å². The molecule has 0 saturated heterocycles. The lowest BCUT2D eigenvalue weighted by Gasteiger charge is -2.10. The first-order valence-electron chi connectivity index (χ1n) is 5.99. The van der Waals surface area contributed by atoms with E-state index in [4.69, 9.17) is 4.74 Å². The zero-order valence-electron chi connectivity index (χ0n) is 9.99. The number of ether oxygens (including phenoxy) is 1. The van der Waals surface area contributed by atoms with E-state index in [1.165, 1.54) is 19.3 Å². The van der Waals surface area contributed by atoms with Gasteiger partial charge in [-0.15, -0.1) is 0 Å². The molecule has 1 N–H and O–H groups in total. The second-order valence-corrected chi connectivity index (χ2v) is 4.24. The van der Waals surface area contributed by atoms with Crippen molar-refractivity contribution in [2.45, 2.75) is 33.1 Å². The van der Waals surface area contributed by atoms with E-state index in [2.05, 4.69) is 15.3 Å². The summed E-state index contributed by atoms with van der Waals surface area (Å²) in [7, 11) is 0. The molecule has 4 heteroatoms. The first kappa shape index (κ1) is 11.2. The Bertz CT molecular complexity index is 350. The smallest absolute Gasteiger partial charge is 0.221 e. The fourth-order valence-electron chi connectivity index (χ4n) is 1.70. The van der Waals surface area contributed by atoms with Crippen LogP contribution in [0, 0.1) is 12.8 Å². The molecule has 1 aliphatic carbocycles. The van der Waals surface area contributed by atoms with Gasteiger partial charge >= 0.3 is 0 Å². The lowest BCUT2D eigenvalue weighted by atomic mass is 10.3. The Labute approximate surface area is 96.4 Å². The highest BCUT2D eigenvalue weighted by atomic mass is 16.5. The summed E-state index contributed by atoms with van der Waals surface area (Å²) in [6.07, 6.45) is 5.59. The molecule has 1 heterocycles. The number of nitrogens with one attached hydrogen (secondary N) is 1. The van der Waals surface area contributed by atoms with E-state index in [-0.39, 0.29) is 0 Å². The monoisotopic (exact) mass is 221 g/mol. The van der Waals surface area contributed by atoms with Crippen LogP contribution in [0.2, 0.25) is 0 Å². The summed E-state index contributed by atoms with van der Waals surface area (Å²) >= 11 is 0. The second kappa shape index (κ2) is 5.14. The Kier molecular flexibility index (Phi) is 3.59. The van der Waals surface area contributed by atoms with Gasteiger partial charge in [-0.2, -0.15) is 0 Å². The Balaban J connectivity index is 1.93. The highest BCUT2D eigenvalue weighted by Gasteiger charge is 2.20. The van der Waals surface area contributed by atoms with Crippen molar-refractivity contribution in [3.63, 3.8) is 0 Å². The summed E-state index contributed by atoms with van der Waals surface area (Å²) in [5.41, 5.74) is 1.00. The Morgan fingerprint density at radius 3 is 2.94 bits per heavy atom. The van der Waals surface area contributed by atoms with Crippen molar-refractivity contribution in [3.05, 3.63) is 11.9 Å². The van der Waals surface area contributed by atoms with Gasteiger partial charge in [0.1, 0.15) is 12.1 Å². The molecular weight excluding hydrogens is 202 g/mol. The molecule has 0 aromatic carbocycles. The minimum Gasteiger partial charge on any atom is -0.478 e. The van der Waals surface area contributed by atoms with E-state index >= 15 is 0 Å². The summed E-state index contributed by atoms with van der Waals surface area (Å²) in [6.45, 7) is 5.58. The lowest BCUT2D eigenvalue weighted by molar-refractivity contribution is 0.324. The maximum atomic E-state index is 5.43. The van der Waals surface area contributed by atoms with Gasteiger partial charge in [-0.25, -0.2) is 9.97 Å². The third kappa shape index (κ3) is 2.84. The first-order chi connectivity index (χ1) is 7.81. The molecule has 0 unspecified atom stereocenters. The lowest BCUT2D eigenvalue weighted by Crippen LogP contribution is -2.07. The largest absolute Gasteiger partial charge is 0.478 e. The molecule has 4 nitrogen and oxygen atoms in total. The van der Waals surface area contributed by atoms with Gasteiger partial charge < -0.3 is 10.1 Å².